The van der Waals surface area contributed by atoms with Crippen molar-refractivity contribution in [3.63, 3.8) is 0 Å². The molecule has 4 heteroatoms. The van der Waals surface area contributed by atoms with Crippen LogP contribution in [0.15, 0.2) is 30.3 Å². The molecule has 0 spiro atoms. The van der Waals surface area contributed by atoms with Crippen LogP contribution in [0.4, 0.5) is 0 Å². The van der Waals surface area contributed by atoms with Crippen molar-refractivity contribution < 1.29 is 4.79 Å². The van der Waals surface area contributed by atoms with Crippen LogP contribution >= 0.6 is 0 Å². The van der Waals surface area contributed by atoms with E-state index in [1.54, 1.807) is 0 Å². The van der Waals surface area contributed by atoms with Crippen LogP contribution < -0.4 is 10.6 Å². The standard InChI is InChI=1S/C16H21N3O/c1-11(9-17-3)10-18-16(20)14-8-12(2)19-15-7-5-4-6-13(14)15/h4-8,11,17H,9-10H2,1-3H3,(H,18,20). The second kappa shape index (κ2) is 6.48. The van der Waals surface area contributed by atoms with Gasteiger partial charge >= 0.3 is 0 Å². The molecule has 0 aliphatic heterocycles. The van der Waals surface area contributed by atoms with Crippen LogP contribution in [0, 0.1) is 12.8 Å². The van der Waals surface area contributed by atoms with E-state index in [1.165, 1.54) is 0 Å². The summed E-state index contributed by atoms with van der Waals surface area (Å²) in [4.78, 5) is 16.8. The number of nitrogens with zero attached hydrogens (tertiary/aromatic N) is 1. The Kier molecular flexibility index (Phi) is 4.69. The topological polar surface area (TPSA) is 54.0 Å². The fourth-order valence-corrected chi connectivity index (χ4v) is 2.28. The Morgan fingerprint density at radius 1 is 1.30 bits per heavy atom. The zero-order chi connectivity index (χ0) is 14.5. The number of aryl methyl sites for hydroxylation is 1. The first-order valence-corrected chi connectivity index (χ1v) is 6.91. The van der Waals surface area contributed by atoms with Gasteiger partial charge in [-0.2, -0.15) is 0 Å². The third-order valence-corrected chi connectivity index (χ3v) is 3.25. The molecule has 20 heavy (non-hydrogen) atoms. The minimum absolute atomic E-state index is 0.0327. The van der Waals surface area contributed by atoms with Gasteiger partial charge in [0.25, 0.3) is 5.91 Å². The number of carbonyl (C=O) groups excluding carboxylic acids is 1. The number of pyridine rings is 1. The van der Waals surface area contributed by atoms with E-state index >= 15 is 0 Å². The van der Waals surface area contributed by atoms with Gasteiger partial charge in [0, 0.05) is 17.6 Å². The summed E-state index contributed by atoms with van der Waals surface area (Å²) in [5, 5.41) is 7.00. The highest BCUT2D eigenvalue weighted by atomic mass is 16.1. The van der Waals surface area contributed by atoms with E-state index in [0.717, 1.165) is 23.1 Å². The van der Waals surface area contributed by atoms with Gasteiger partial charge in [-0.25, -0.2) is 0 Å². The molecule has 1 amide bonds. The van der Waals surface area contributed by atoms with Crippen LogP contribution in [-0.2, 0) is 0 Å². The summed E-state index contributed by atoms with van der Waals surface area (Å²) < 4.78 is 0. The molecule has 4 nitrogen and oxygen atoms in total. The van der Waals surface area contributed by atoms with Crippen molar-refractivity contribution in [2.45, 2.75) is 13.8 Å². The van der Waals surface area contributed by atoms with Gasteiger partial charge in [0.15, 0.2) is 0 Å². The number of carbonyl (C=O) groups is 1. The lowest BCUT2D eigenvalue weighted by Gasteiger charge is -2.13. The predicted octanol–water partition coefficient (Wildman–Crippen LogP) is 2.13. The average molecular weight is 271 g/mol. The monoisotopic (exact) mass is 271 g/mol. The Bertz CT molecular complexity index is 610. The van der Waals surface area contributed by atoms with Crippen LogP contribution in [0.5, 0.6) is 0 Å². The third kappa shape index (κ3) is 3.33. The van der Waals surface area contributed by atoms with Crippen LogP contribution in [-0.4, -0.2) is 31.0 Å². The largest absolute Gasteiger partial charge is 0.352 e. The van der Waals surface area contributed by atoms with Crippen LogP contribution in [0.3, 0.4) is 0 Å². The van der Waals surface area contributed by atoms with E-state index in [2.05, 4.69) is 22.5 Å². The minimum atomic E-state index is -0.0327. The van der Waals surface area contributed by atoms with E-state index in [1.807, 2.05) is 44.3 Å². The number of nitrogens with one attached hydrogen (secondary N) is 2. The quantitative estimate of drug-likeness (QED) is 0.876. The predicted molar refractivity (Wildman–Crippen MR) is 81.9 cm³/mol. The van der Waals surface area contributed by atoms with Gasteiger partial charge in [0.2, 0.25) is 0 Å². The zero-order valence-electron chi connectivity index (χ0n) is 12.2. The minimum Gasteiger partial charge on any atom is -0.352 e. The summed E-state index contributed by atoms with van der Waals surface area (Å²) in [6, 6.07) is 9.59. The van der Waals surface area contributed by atoms with Crippen LogP contribution in [0.1, 0.15) is 23.0 Å². The van der Waals surface area contributed by atoms with Crippen LogP contribution in [0.2, 0.25) is 0 Å². The molecular formula is C16H21N3O. The van der Waals surface area contributed by atoms with Crippen molar-refractivity contribution in [2.24, 2.45) is 5.92 Å². The molecule has 106 valence electrons. The Hall–Kier alpha value is -1.94. The average Bonchev–Trinajstić information content (AvgIpc) is 2.44. The smallest absolute Gasteiger partial charge is 0.252 e. The number of amides is 1. The van der Waals surface area contributed by atoms with Gasteiger partial charge in [-0.15, -0.1) is 0 Å². The van der Waals surface area contributed by atoms with Crippen molar-refractivity contribution in [3.8, 4) is 0 Å². The van der Waals surface area contributed by atoms with Gasteiger partial charge in [-0.05, 0) is 38.6 Å². The first-order valence-electron chi connectivity index (χ1n) is 6.91. The molecule has 0 saturated heterocycles. The summed E-state index contributed by atoms with van der Waals surface area (Å²) >= 11 is 0. The molecule has 2 rings (SSSR count). The maximum absolute atomic E-state index is 12.4. The lowest BCUT2D eigenvalue weighted by molar-refractivity contribution is 0.0949. The molecule has 0 radical (unpaired) electrons. The number of rotatable bonds is 5. The molecule has 0 bridgehead atoms. The summed E-state index contributed by atoms with van der Waals surface area (Å²) in [6.07, 6.45) is 0. The summed E-state index contributed by atoms with van der Waals surface area (Å²) in [7, 11) is 1.91. The molecule has 1 atom stereocenters. The Morgan fingerprint density at radius 2 is 2.05 bits per heavy atom. The highest BCUT2D eigenvalue weighted by molar-refractivity contribution is 6.06. The summed E-state index contributed by atoms with van der Waals surface area (Å²) in [5.41, 5.74) is 2.42. The number of hydrogen-bond acceptors (Lipinski definition) is 3. The van der Waals surface area contributed by atoms with Gasteiger partial charge in [-0.3, -0.25) is 9.78 Å². The molecule has 0 aliphatic carbocycles. The van der Waals surface area contributed by atoms with E-state index in [9.17, 15) is 4.79 Å². The molecule has 2 N–H and O–H groups in total. The van der Waals surface area contributed by atoms with E-state index < -0.39 is 0 Å². The summed E-state index contributed by atoms with van der Waals surface area (Å²) in [6.45, 7) is 5.56. The fraction of sp³-hybridized carbons (Fsp3) is 0.375. The molecule has 1 aromatic carbocycles. The third-order valence-electron chi connectivity index (χ3n) is 3.25. The first-order chi connectivity index (χ1) is 9.61. The van der Waals surface area contributed by atoms with Crippen molar-refractivity contribution in [2.75, 3.05) is 20.1 Å². The molecule has 2 aromatic rings. The maximum atomic E-state index is 12.4. The van der Waals surface area contributed by atoms with Gasteiger partial charge in [-0.1, -0.05) is 25.1 Å². The first kappa shape index (κ1) is 14.5. The lowest BCUT2D eigenvalue weighted by atomic mass is 10.1. The maximum Gasteiger partial charge on any atom is 0.252 e. The SMILES string of the molecule is CNCC(C)CNC(=O)c1cc(C)nc2ccccc12. The number of hydrogen-bond donors (Lipinski definition) is 2. The Labute approximate surface area is 119 Å². The van der Waals surface area contributed by atoms with Crippen molar-refractivity contribution >= 4 is 16.8 Å². The van der Waals surface area contributed by atoms with Crippen LogP contribution in [0.25, 0.3) is 10.9 Å². The van der Waals surface area contributed by atoms with Crippen molar-refractivity contribution in [1.82, 2.24) is 15.6 Å². The van der Waals surface area contributed by atoms with E-state index in [4.69, 9.17) is 0 Å². The molecule has 0 aliphatic rings. The molecule has 0 saturated carbocycles. The fourth-order valence-electron chi connectivity index (χ4n) is 2.28. The molecular weight excluding hydrogens is 250 g/mol. The Balaban J connectivity index is 2.21. The number of benzene rings is 1. The highest BCUT2D eigenvalue weighted by Crippen LogP contribution is 2.18. The lowest BCUT2D eigenvalue weighted by Crippen LogP contribution is -2.32. The molecule has 1 heterocycles. The van der Waals surface area contributed by atoms with Gasteiger partial charge in [0.1, 0.15) is 0 Å². The number of para-hydroxylation sites is 1. The highest BCUT2D eigenvalue weighted by Gasteiger charge is 2.12. The van der Waals surface area contributed by atoms with Crippen molar-refractivity contribution in [3.05, 3.63) is 41.6 Å². The van der Waals surface area contributed by atoms with Gasteiger partial charge in [0.05, 0.1) is 11.1 Å². The molecule has 1 unspecified atom stereocenters. The van der Waals surface area contributed by atoms with Crippen molar-refractivity contribution in [1.29, 1.82) is 0 Å². The Morgan fingerprint density at radius 3 is 2.80 bits per heavy atom. The number of aromatic nitrogens is 1. The zero-order valence-corrected chi connectivity index (χ0v) is 12.2. The summed E-state index contributed by atoms with van der Waals surface area (Å²) in [5.74, 6) is 0.368. The van der Waals surface area contributed by atoms with E-state index in [0.29, 0.717) is 18.0 Å². The normalized spacial score (nSPS) is 12.3. The number of fused-ring (bicyclic) bond motifs is 1. The second-order valence-corrected chi connectivity index (χ2v) is 5.20. The molecule has 1 aromatic heterocycles. The van der Waals surface area contributed by atoms with Gasteiger partial charge < -0.3 is 10.6 Å². The second-order valence-electron chi connectivity index (χ2n) is 5.20. The molecule has 0 fully saturated rings. The van der Waals surface area contributed by atoms with E-state index in [-0.39, 0.29) is 5.91 Å².